The number of hydrogen-bond acceptors (Lipinski definition) is 3. The lowest BCUT2D eigenvalue weighted by Crippen LogP contribution is -2.45. The van der Waals surface area contributed by atoms with Crippen LogP contribution in [-0.4, -0.2) is 38.4 Å². The number of carboxylic acid groups (broad SMARTS) is 1. The third kappa shape index (κ3) is 2.65. The maximum atomic E-state index is 11.4. The average Bonchev–Trinajstić information content (AvgIpc) is 2.82. The number of hydrogen-bond donors (Lipinski definition) is 1. The molecule has 1 unspecified atom stereocenters. The summed E-state index contributed by atoms with van der Waals surface area (Å²) in [6, 6.07) is 4.06. The van der Waals surface area contributed by atoms with Crippen molar-refractivity contribution in [3.63, 3.8) is 0 Å². The Morgan fingerprint density at radius 2 is 2.33 bits per heavy atom. The van der Waals surface area contributed by atoms with Gasteiger partial charge in [0.1, 0.15) is 5.65 Å². The van der Waals surface area contributed by atoms with Gasteiger partial charge in [0.25, 0.3) is 0 Å². The molecule has 0 bridgehead atoms. The molecule has 0 radical (unpaired) electrons. The molecular formula is C16H21N3O2. The van der Waals surface area contributed by atoms with Gasteiger partial charge in [-0.05, 0) is 44.9 Å². The van der Waals surface area contributed by atoms with E-state index in [1.54, 1.807) is 0 Å². The van der Waals surface area contributed by atoms with Gasteiger partial charge in [-0.2, -0.15) is 0 Å². The summed E-state index contributed by atoms with van der Waals surface area (Å²) in [5.74, 6) is -0.696. The van der Waals surface area contributed by atoms with Gasteiger partial charge in [-0.1, -0.05) is 6.07 Å². The number of nitrogens with zero attached hydrogens (tertiary/aromatic N) is 3. The van der Waals surface area contributed by atoms with Crippen molar-refractivity contribution in [2.45, 2.75) is 33.2 Å². The number of pyridine rings is 1. The number of aliphatic carboxylic acids is 1. The highest BCUT2D eigenvalue weighted by Gasteiger charge is 2.37. The van der Waals surface area contributed by atoms with Gasteiger partial charge in [0.15, 0.2) is 0 Å². The number of rotatable bonds is 3. The molecule has 1 atom stereocenters. The molecule has 1 saturated heterocycles. The van der Waals surface area contributed by atoms with Crippen LogP contribution in [-0.2, 0) is 11.3 Å². The first-order chi connectivity index (χ1) is 9.98. The number of carboxylic acids is 1. The molecular weight excluding hydrogens is 266 g/mol. The molecule has 1 fully saturated rings. The molecule has 112 valence electrons. The lowest BCUT2D eigenvalue weighted by atomic mass is 9.82. The van der Waals surface area contributed by atoms with E-state index in [1.807, 2.05) is 29.8 Å². The predicted octanol–water partition coefficient (Wildman–Crippen LogP) is 2.33. The molecule has 2 aromatic rings. The number of aromatic nitrogens is 2. The topological polar surface area (TPSA) is 57.8 Å². The Morgan fingerprint density at radius 3 is 3.05 bits per heavy atom. The number of likely N-dealkylation sites (tertiary alicyclic amines) is 1. The first-order valence-corrected chi connectivity index (χ1v) is 7.37. The van der Waals surface area contributed by atoms with E-state index >= 15 is 0 Å². The molecule has 0 aliphatic carbocycles. The van der Waals surface area contributed by atoms with Crippen LogP contribution in [0.3, 0.4) is 0 Å². The van der Waals surface area contributed by atoms with E-state index in [-0.39, 0.29) is 0 Å². The Balaban J connectivity index is 1.79. The van der Waals surface area contributed by atoms with E-state index in [4.69, 9.17) is 0 Å². The standard InChI is InChI=1S/C16H21N3O2/c1-12-5-3-8-19-10-13(17-14(12)19)9-18-7-4-6-16(2,11-18)15(20)21/h3,5,8,10H,4,6-7,9,11H2,1-2H3,(H,20,21). The summed E-state index contributed by atoms with van der Waals surface area (Å²) < 4.78 is 2.03. The van der Waals surface area contributed by atoms with Crippen molar-refractivity contribution < 1.29 is 9.90 Å². The summed E-state index contributed by atoms with van der Waals surface area (Å²) in [4.78, 5) is 18.3. The monoisotopic (exact) mass is 287 g/mol. The van der Waals surface area contributed by atoms with E-state index in [2.05, 4.69) is 22.9 Å². The first kappa shape index (κ1) is 14.1. The highest BCUT2D eigenvalue weighted by Crippen LogP contribution is 2.30. The molecule has 0 amide bonds. The van der Waals surface area contributed by atoms with Gasteiger partial charge in [0.05, 0.1) is 11.1 Å². The normalized spacial score (nSPS) is 23.5. The Morgan fingerprint density at radius 1 is 1.52 bits per heavy atom. The number of piperidine rings is 1. The zero-order valence-corrected chi connectivity index (χ0v) is 12.5. The lowest BCUT2D eigenvalue weighted by molar-refractivity contribution is -0.151. The predicted molar refractivity (Wildman–Crippen MR) is 80.2 cm³/mol. The van der Waals surface area contributed by atoms with Crippen LogP contribution in [0.2, 0.25) is 0 Å². The molecule has 0 aromatic carbocycles. The van der Waals surface area contributed by atoms with Gasteiger partial charge in [0, 0.05) is 25.5 Å². The van der Waals surface area contributed by atoms with Crippen molar-refractivity contribution >= 4 is 11.6 Å². The number of imidazole rings is 1. The summed E-state index contributed by atoms with van der Waals surface area (Å²) in [5.41, 5.74) is 2.50. The summed E-state index contributed by atoms with van der Waals surface area (Å²) in [7, 11) is 0. The molecule has 1 aliphatic heterocycles. The van der Waals surface area contributed by atoms with Gasteiger partial charge in [0.2, 0.25) is 0 Å². The quantitative estimate of drug-likeness (QED) is 0.941. The maximum absolute atomic E-state index is 11.4. The summed E-state index contributed by atoms with van der Waals surface area (Å²) in [6.45, 7) is 6.14. The van der Waals surface area contributed by atoms with Gasteiger partial charge in [-0.15, -0.1) is 0 Å². The molecule has 1 aliphatic rings. The smallest absolute Gasteiger partial charge is 0.310 e. The van der Waals surface area contributed by atoms with Crippen molar-refractivity contribution in [2.24, 2.45) is 5.41 Å². The number of fused-ring (bicyclic) bond motifs is 1. The second kappa shape index (κ2) is 5.15. The molecule has 1 N–H and O–H groups in total. The highest BCUT2D eigenvalue weighted by molar-refractivity contribution is 5.74. The fraction of sp³-hybridized carbons (Fsp3) is 0.500. The van der Waals surface area contributed by atoms with Crippen molar-refractivity contribution in [3.8, 4) is 0 Å². The first-order valence-electron chi connectivity index (χ1n) is 7.37. The Bertz CT molecular complexity index is 679. The van der Waals surface area contributed by atoms with E-state index in [9.17, 15) is 9.90 Å². The van der Waals surface area contributed by atoms with E-state index < -0.39 is 11.4 Å². The van der Waals surface area contributed by atoms with Gasteiger partial charge >= 0.3 is 5.97 Å². The van der Waals surface area contributed by atoms with Crippen molar-refractivity contribution in [2.75, 3.05) is 13.1 Å². The minimum Gasteiger partial charge on any atom is -0.481 e. The van der Waals surface area contributed by atoms with Crippen LogP contribution in [0.25, 0.3) is 5.65 Å². The zero-order chi connectivity index (χ0) is 15.0. The molecule has 2 aromatic heterocycles. The van der Waals surface area contributed by atoms with Crippen LogP contribution < -0.4 is 0 Å². The van der Waals surface area contributed by atoms with E-state index in [0.717, 1.165) is 36.3 Å². The van der Waals surface area contributed by atoms with Crippen LogP contribution in [0.4, 0.5) is 0 Å². The third-order valence-electron chi connectivity index (χ3n) is 4.41. The van der Waals surface area contributed by atoms with E-state index in [1.165, 1.54) is 0 Å². The summed E-state index contributed by atoms with van der Waals surface area (Å²) in [5, 5.41) is 9.39. The van der Waals surface area contributed by atoms with Crippen LogP contribution in [0, 0.1) is 12.3 Å². The Kier molecular flexibility index (Phi) is 3.45. The average molecular weight is 287 g/mol. The molecule has 5 heteroatoms. The molecule has 5 nitrogen and oxygen atoms in total. The van der Waals surface area contributed by atoms with Crippen molar-refractivity contribution in [1.82, 2.24) is 14.3 Å². The molecule has 3 rings (SSSR count). The fourth-order valence-corrected chi connectivity index (χ4v) is 3.16. The minimum atomic E-state index is -0.696. The highest BCUT2D eigenvalue weighted by atomic mass is 16.4. The van der Waals surface area contributed by atoms with Crippen LogP contribution >= 0.6 is 0 Å². The second-order valence-corrected chi connectivity index (χ2v) is 6.33. The molecule has 21 heavy (non-hydrogen) atoms. The van der Waals surface area contributed by atoms with Gasteiger partial charge in [-0.3, -0.25) is 9.69 Å². The maximum Gasteiger partial charge on any atom is 0.310 e. The second-order valence-electron chi connectivity index (χ2n) is 6.33. The summed E-state index contributed by atoms with van der Waals surface area (Å²) in [6.07, 6.45) is 5.71. The largest absolute Gasteiger partial charge is 0.481 e. The number of carbonyl (C=O) groups is 1. The van der Waals surface area contributed by atoms with Gasteiger partial charge < -0.3 is 9.51 Å². The van der Waals surface area contributed by atoms with Gasteiger partial charge in [-0.25, -0.2) is 4.98 Å². The van der Waals surface area contributed by atoms with Crippen LogP contribution in [0.5, 0.6) is 0 Å². The lowest BCUT2D eigenvalue weighted by Gasteiger charge is -2.37. The van der Waals surface area contributed by atoms with Crippen LogP contribution in [0.15, 0.2) is 24.5 Å². The summed E-state index contributed by atoms with van der Waals surface area (Å²) >= 11 is 0. The number of aryl methyl sites for hydroxylation is 1. The van der Waals surface area contributed by atoms with Crippen LogP contribution in [0.1, 0.15) is 31.0 Å². The molecule has 0 spiro atoms. The van der Waals surface area contributed by atoms with Crippen molar-refractivity contribution in [3.05, 3.63) is 35.8 Å². The zero-order valence-electron chi connectivity index (χ0n) is 12.5. The third-order valence-corrected chi connectivity index (χ3v) is 4.41. The fourth-order valence-electron chi connectivity index (χ4n) is 3.16. The Hall–Kier alpha value is -1.88. The van der Waals surface area contributed by atoms with Crippen molar-refractivity contribution in [1.29, 1.82) is 0 Å². The van der Waals surface area contributed by atoms with E-state index in [0.29, 0.717) is 13.1 Å². The Labute approximate surface area is 124 Å². The minimum absolute atomic E-state index is 0.592. The molecule has 3 heterocycles. The SMILES string of the molecule is Cc1cccn2cc(CN3CCCC(C)(C(=O)O)C3)nc12. The molecule has 0 saturated carbocycles.